The predicted molar refractivity (Wildman–Crippen MR) is 69.5 cm³/mol. The van der Waals surface area contributed by atoms with Crippen LogP contribution in [0.15, 0.2) is 12.1 Å². The van der Waals surface area contributed by atoms with Gasteiger partial charge < -0.3 is 11.1 Å². The summed E-state index contributed by atoms with van der Waals surface area (Å²) in [4.78, 5) is 4.38. The second-order valence-electron chi connectivity index (χ2n) is 3.72. The van der Waals surface area contributed by atoms with Crippen molar-refractivity contribution in [2.24, 2.45) is 0 Å². The minimum Gasteiger partial charge on any atom is -0.396 e. The van der Waals surface area contributed by atoms with E-state index in [1.165, 1.54) is 0 Å². The Labute approximate surface area is 95.9 Å². The van der Waals surface area contributed by atoms with Crippen LogP contribution in [0, 0.1) is 6.92 Å². The van der Waals surface area contributed by atoms with Crippen molar-refractivity contribution in [3.8, 4) is 0 Å². The number of pyridine rings is 1. The van der Waals surface area contributed by atoms with Crippen LogP contribution in [-0.4, -0.2) is 23.0 Å². The number of anilines is 2. The van der Waals surface area contributed by atoms with E-state index in [9.17, 15) is 0 Å². The first-order valence-electron chi connectivity index (χ1n) is 5.12. The van der Waals surface area contributed by atoms with Crippen molar-refractivity contribution in [1.82, 2.24) is 4.98 Å². The molecule has 0 aliphatic carbocycles. The van der Waals surface area contributed by atoms with E-state index in [1.54, 1.807) is 0 Å². The third-order valence-corrected chi connectivity index (χ3v) is 2.85. The van der Waals surface area contributed by atoms with Crippen LogP contribution in [0.2, 0.25) is 0 Å². The number of hydrogen-bond acceptors (Lipinski definition) is 4. The van der Waals surface area contributed by atoms with Gasteiger partial charge in [0.15, 0.2) is 0 Å². The highest BCUT2D eigenvalue weighted by Gasteiger charge is 2.05. The zero-order valence-electron chi connectivity index (χ0n) is 9.58. The highest BCUT2D eigenvalue weighted by atomic mass is 32.2. The molecule has 1 atom stereocenters. The summed E-state index contributed by atoms with van der Waals surface area (Å²) in [5, 5.41) is 3.34. The van der Waals surface area contributed by atoms with Gasteiger partial charge in [-0.15, -0.1) is 0 Å². The van der Waals surface area contributed by atoms with Gasteiger partial charge in [0.05, 0.1) is 5.69 Å². The maximum atomic E-state index is 5.84. The zero-order chi connectivity index (χ0) is 11.3. The molecule has 84 valence electrons. The van der Waals surface area contributed by atoms with Crippen molar-refractivity contribution in [2.75, 3.05) is 23.1 Å². The molecule has 1 heterocycles. The fourth-order valence-electron chi connectivity index (χ4n) is 1.28. The summed E-state index contributed by atoms with van der Waals surface area (Å²) in [5.41, 5.74) is 7.54. The molecule has 0 fully saturated rings. The van der Waals surface area contributed by atoms with Gasteiger partial charge in [0.25, 0.3) is 0 Å². The molecular formula is C11H19N3S. The van der Waals surface area contributed by atoms with Crippen LogP contribution in [0.5, 0.6) is 0 Å². The van der Waals surface area contributed by atoms with Crippen molar-refractivity contribution < 1.29 is 0 Å². The number of nitrogens with zero attached hydrogens (tertiary/aromatic N) is 1. The normalized spacial score (nSPS) is 12.5. The molecule has 0 aliphatic heterocycles. The van der Waals surface area contributed by atoms with Crippen molar-refractivity contribution in [3.63, 3.8) is 0 Å². The summed E-state index contributed by atoms with van der Waals surface area (Å²) in [6.45, 7) is 4.12. The van der Waals surface area contributed by atoms with Crippen molar-refractivity contribution in [1.29, 1.82) is 0 Å². The number of nitrogens with one attached hydrogen (secondary N) is 1. The number of aryl methyl sites for hydroxylation is 1. The lowest BCUT2D eigenvalue weighted by Gasteiger charge is -2.15. The summed E-state index contributed by atoms with van der Waals surface area (Å²) in [6, 6.07) is 4.23. The average molecular weight is 225 g/mol. The lowest BCUT2D eigenvalue weighted by Crippen LogP contribution is -2.18. The monoisotopic (exact) mass is 225 g/mol. The van der Waals surface area contributed by atoms with Crippen molar-refractivity contribution >= 4 is 23.3 Å². The van der Waals surface area contributed by atoms with Gasteiger partial charge in [0.2, 0.25) is 0 Å². The molecule has 0 amide bonds. The molecular weight excluding hydrogens is 206 g/mol. The van der Waals surface area contributed by atoms with Crippen LogP contribution < -0.4 is 11.1 Å². The van der Waals surface area contributed by atoms with Crippen LogP contribution in [-0.2, 0) is 0 Å². The number of hydrogen-bond donors (Lipinski definition) is 2. The number of nitrogens with two attached hydrogens (primary N) is 1. The van der Waals surface area contributed by atoms with E-state index in [-0.39, 0.29) is 0 Å². The minimum atomic E-state index is 0.411. The predicted octanol–water partition coefficient (Wildman–Crippen LogP) is 2.53. The third kappa shape index (κ3) is 4.00. The van der Waals surface area contributed by atoms with Crippen LogP contribution in [0.25, 0.3) is 0 Å². The molecule has 0 radical (unpaired) electrons. The van der Waals surface area contributed by atoms with Gasteiger partial charge in [-0.2, -0.15) is 11.8 Å². The Bertz CT molecular complexity index is 315. The summed E-state index contributed by atoms with van der Waals surface area (Å²) in [5.74, 6) is 1.96. The minimum absolute atomic E-state index is 0.411. The maximum Gasteiger partial charge on any atom is 0.149 e. The SMILES string of the molecule is CSCCC(C)Nc1nc(C)ccc1N. The van der Waals surface area contributed by atoms with Crippen LogP contribution in [0.1, 0.15) is 19.0 Å². The van der Waals surface area contributed by atoms with E-state index < -0.39 is 0 Å². The largest absolute Gasteiger partial charge is 0.396 e. The number of thioether (sulfide) groups is 1. The highest BCUT2D eigenvalue weighted by Crippen LogP contribution is 2.17. The number of rotatable bonds is 5. The van der Waals surface area contributed by atoms with E-state index >= 15 is 0 Å². The molecule has 1 aromatic rings. The number of nitrogen functional groups attached to an aromatic ring is 1. The molecule has 0 bridgehead atoms. The van der Waals surface area contributed by atoms with Gasteiger partial charge in [-0.05, 0) is 44.4 Å². The number of aromatic nitrogens is 1. The molecule has 0 aromatic carbocycles. The zero-order valence-corrected chi connectivity index (χ0v) is 10.4. The summed E-state index contributed by atoms with van der Waals surface area (Å²) < 4.78 is 0. The molecule has 0 aliphatic rings. The maximum absolute atomic E-state index is 5.84. The Hall–Kier alpha value is -0.900. The van der Waals surface area contributed by atoms with Crippen molar-refractivity contribution in [2.45, 2.75) is 26.3 Å². The smallest absolute Gasteiger partial charge is 0.149 e. The highest BCUT2D eigenvalue weighted by molar-refractivity contribution is 7.98. The lowest BCUT2D eigenvalue weighted by molar-refractivity contribution is 0.767. The van der Waals surface area contributed by atoms with E-state index in [1.807, 2.05) is 30.8 Å². The summed E-state index contributed by atoms with van der Waals surface area (Å²) in [7, 11) is 0. The van der Waals surface area contributed by atoms with Crippen molar-refractivity contribution in [3.05, 3.63) is 17.8 Å². The molecule has 0 saturated heterocycles. The van der Waals surface area contributed by atoms with E-state index in [0.29, 0.717) is 6.04 Å². The van der Waals surface area contributed by atoms with Crippen LogP contribution in [0.3, 0.4) is 0 Å². The second kappa shape index (κ2) is 5.85. The van der Waals surface area contributed by atoms with Gasteiger partial charge in [-0.1, -0.05) is 0 Å². The second-order valence-corrected chi connectivity index (χ2v) is 4.70. The van der Waals surface area contributed by atoms with E-state index in [0.717, 1.165) is 29.4 Å². The van der Waals surface area contributed by atoms with Gasteiger partial charge in [-0.3, -0.25) is 0 Å². The first-order valence-corrected chi connectivity index (χ1v) is 6.51. The van der Waals surface area contributed by atoms with Gasteiger partial charge >= 0.3 is 0 Å². The van der Waals surface area contributed by atoms with Gasteiger partial charge in [-0.25, -0.2) is 4.98 Å². The lowest BCUT2D eigenvalue weighted by atomic mass is 10.2. The van der Waals surface area contributed by atoms with Gasteiger partial charge in [0, 0.05) is 11.7 Å². The summed E-state index contributed by atoms with van der Waals surface area (Å²) in [6.07, 6.45) is 3.24. The third-order valence-electron chi connectivity index (χ3n) is 2.20. The van der Waals surface area contributed by atoms with Crippen LogP contribution >= 0.6 is 11.8 Å². The Morgan fingerprint density at radius 3 is 2.93 bits per heavy atom. The van der Waals surface area contributed by atoms with E-state index in [2.05, 4.69) is 23.5 Å². The molecule has 1 rings (SSSR count). The Morgan fingerprint density at radius 1 is 1.53 bits per heavy atom. The van der Waals surface area contributed by atoms with Gasteiger partial charge in [0.1, 0.15) is 5.82 Å². The topological polar surface area (TPSA) is 50.9 Å². The Kier molecular flexibility index (Phi) is 4.75. The average Bonchev–Trinajstić information content (AvgIpc) is 2.20. The fraction of sp³-hybridized carbons (Fsp3) is 0.545. The Morgan fingerprint density at radius 2 is 2.27 bits per heavy atom. The molecule has 1 unspecified atom stereocenters. The van der Waals surface area contributed by atoms with E-state index in [4.69, 9.17) is 5.73 Å². The molecule has 4 heteroatoms. The standard InChI is InChI=1S/C11H19N3S/c1-8-4-5-10(12)11(13-8)14-9(2)6-7-15-3/h4-5,9H,6-7,12H2,1-3H3,(H,13,14). The first-order chi connectivity index (χ1) is 7.13. The Balaban J connectivity index is 2.59. The quantitative estimate of drug-likeness (QED) is 0.808. The molecule has 15 heavy (non-hydrogen) atoms. The molecule has 0 saturated carbocycles. The van der Waals surface area contributed by atoms with Crippen LogP contribution in [0.4, 0.5) is 11.5 Å². The fourth-order valence-corrected chi connectivity index (χ4v) is 1.87. The molecule has 3 N–H and O–H groups in total. The molecule has 3 nitrogen and oxygen atoms in total. The first kappa shape index (κ1) is 12.2. The summed E-state index contributed by atoms with van der Waals surface area (Å²) >= 11 is 1.86. The molecule has 0 spiro atoms. The molecule has 1 aromatic heterocycles.